The summed E-state index contributed by atoms with van der Waals surface area (Å²) in [5.74, 6) is 0. The summed E-state index contributed by atoms with van der Waals surface area (Å²) in [4.78, 5) is 0. The van der Waals surface area contributed by atoms with Crippen LogP contribution in [0.15, 0.2) is 18.5 Å². The van der Waals surface area contributed by atoms with Crippen molar-refractivity contribution in [2.75, 3.05) is 20.2 Å². The van der Waals surface area contributed by atoms with Gasteiger partial charge in [0.2, 0.25) is 0 Å². The Hall–Kier alpha value is -0.960. The van der Waals surface area contributed by atoms with Crippen molar-refractivity contribution in [3.8, 4) is 0 Å². The molecule has 1 heterocycles. The first kappa shape index (κ1) is 15.1. The molecular formula is C10H20N4O3S. The van der Waals surface area contributed by atoms with Crippen LogP contribution in [0.1, 0.15) is 13.3 Å². The largest absolute Gasteiger partial charge is 0.396 e. The van der Waals surface area contributed by atoms with Crippen molar-refractivity contribution in [3.63, 3.8) is 0 Å². The molecule has 0 bridgehead atoms. The van der Waals surface area contributed by atoms with E-state index in [0.717, 1.165) is 0 Å². The highest BCUT2D eigenvalue weighted by atomic mass is 32.2. The molecule has 0 aliphatic rings. The molecule has 2 N–H and O–H groups in total. The Morgan fingerprint density at radius 1 is 1.56 bits per heavy atom. The molecule has 0 fully saturated rings. The lowest BCUT2D eigenvalue weighted by Crippen LogP contribution is -2.44. The van der Waals surface area contributed by atoms with Crippen molar-refractivity contribution < 1.29 is 13.5 Å². The molecule has 0 saturated heterocycles. The van der Waals surface area contributed by atoms with Gasteiger partial charge in [0.25, 0.3) is 10.2 Å². The van der Waals surface area contributed by atoms with Gasteiger partial charge in [-0.25, -0.2) is 0 Å². The van der Waals surface area contributed by atoms with Crippen molar-refractivity contribution in [2.24, 2.45) is 0 Å². The lowest BCUT2D eigenvalue weighted by molar-refractivity contribution is 0.275. The van der Waals surface area contributed by atoms with E-state index >= 15 is 0 Å². The second-order valence-electron chi connectivity index (χ2n) is 4.15. The van der Waals surface area contributed by atoms with Gasteiger partial charge in [0.15, 0.2) is 0 Å². The zero-order valence-corrected chi connectivity index (χ0v) is 11.5. The minimum absolute atomic E-state index is 0.0251. The first-order valence-electron chi connectivity index (χ1n) is 5.77. The second-order valence-corrected chi connectivity index (χ2v) is 5.96. The number of nitrogens with zero attached hydrogens (tertiary/aromatic N) is 3. The van der Waals surface area contributed by atoms with Crippen LogP contribution in [0.25, 0.3) is 0 Å². The van der Waals surface area contributed by atoms with E-state index in [1.807, 2.05) is 0 Å². The lowest BCUT2D eigenvalue weighted by atomic mass is 10.4. The van der Waals surface area contributed by atoms with E-state index in [1.54, 1.807) is 30.1 Å². The molecule has 0 aliphatic carbocycles. The number of aromatic nitrogens is 2. The molecule has 1 aromatic heterocycles. The minimum atomic E-state index is -3.50. The lowest BCUT2D eigenvalue weighted by Gasteiger charge is -2.20. The molecule has 1 rings (SSSR count). The van der Waals surface area contributed by atoms with Gasteiger partial charge in [0.05, 0.1) is 6.54 Å². The first-order chi connectivity index (χ1) is 8.45. The summed E-state index contributed by atoms with van der Waals surface area (Å²) in [7, 11) is -2.02. The Morgan fingerprint density at radius 2 is 2.28 bits per heavy atom. The summed E-state index contributed by atoms with van der Waals surface area (Å²) in [6.45, 7) is 2.52. The Balaban J connectivity index is 2.49. The van der Waals surface area contributed by atoms with Crippen LogP contribution in [0.3, 0.4) is 0 Å². The van der Waals surface area contributed by atoms with E-state index in [0.29, 0.717) is 19.5 Å². The number of rotatable bonds is 8. The number of aliphatic hydroxyl groups is 1. The van der Waals surface area contributed by atoms with Gasteiger partial charge in [0, 0.05) is 38.6 Å². The van der Waals surface area contributed by atoms with Gasteiger partial charge in [-0.1, -0.05) is 0 Å². The van der Waals surface area contributed by atoms with Gasteiger partial charge in [-0.05, 0) is 19.4 Å². The number of nitrogens with one attached hydrogen (secondary N) is 1. The van der Waals surface area contributed by atoms with E-state index in [9.17, 15) is 8.42 Å². The van der Waals surface area contributed by atoms with Gasteiger partial charge in [-0.3, -0.25) is 4.68 Å². The van der Waals surface area contributed by atoms with Crippen LogP contribution in [-0.4, -0.2) is 53.9 Å². The summed E-state index contributed by atoms with van der Waals surface area (Å²) in [5, 5.41) is 12.7. The summed E-state index contributed by atoms with van der Waals surface area (Å²) < 4.78 is 29.2. The monoisotopic (exact) mass is 276 g/mol. The van der Waals surface area contributed by atoms with Crippen LogP contribution < -0.4 is 4.72 Å². The summed E-state index contributed by atoms with van der Waals surface area (Å²) >= 11 is 0. The Kier molecular flexibility index (Phi) is 5.73. The first-order valence-corrected chi connectivity index (χ1v) is 7.21. The predicted octanol–water partition coefficient (Wildman–Crippen LogP) is -0.580. The van der Waals surface area contributed by atoms with Gasteiger partial charge in [0.1, 0.15) is 0 Å². The third kappa shape index (κ3) is 4.73. The highest BCUT2D eigenvalue weighted by molar-refractivity contribution is 7.87. The molecule has 1 aromatic rings. The molecule has 0 saturated carbocycles. The summed E-state index contributed by atoms with van der Waals surface area (Å²) in [6.07, 6.45) is 3.85. The molecule has 0 aromatic carbocycles. The van der Waals surface area contributed by atoms with Crippen LogP contribution in [0, 0.1) is 0 Å². The van der Waals surface area contributed by atoms with Crippen molar-refractivity contribution in [1.29, 1.82) is 0 Å². The van der Waals surface area contributed by atoms with E-state index < -0.39 is 10.2 Å². The molecule has 0 radical (unpaired) electrons. The van der Waals surface area contributed by atoms with E-state index in [1.165, 1.54) is 11.4 Å². The highest BCUT2D eigenvalue weighted by Gasteiger charge is 2.19. The zero-order chi connectivity index (χ0) is 13.6. The van der Waals surface area contributed by atoms with Crippen molar-refractivity contribution in [3.05, 3.63) is 18.5 Å². The zero-order valence-electron chi connectivity index (χ0n) is 10.7. The third-order valence-corrected chi connectivity index (χ3v) is 4.12. The number of hydrogen-bond donors (Lipinski definition) is 2. The SMILES string of the molecule is CC(Cn1cccn1)NS(=O)(=O)N(C)CCCO. The van der Waals surface area contributed by atoms with Gasteiger partial charge < -0.3 is 5.11 Å². The molecular weight excluding hydrogens is 256 g/mol. The molecule has 0 amide bonds. The summed E-state index contributed by atoms with van der Waals surface area (Å²) in [5.41, 5.74) is 0. The molecule has 104 valence electrons. The fraction of sp³-hybridized carbons (Fsp3) is 0.700. The van der Waals surface area contributed by atoms with Crippen LogP contribution >= 0.6 is 0 Å². The molecule has 0 aliphatic heterocycles. The highest BCUT2D eigenvalue weighted by Crippen LogP contribution is 1.99. The van der Waals surface area contributed by atoms with Crippen molar-refractivity contribution in [1.82, 2.24) is 18.8 Å². The Labute approximate surface area is 108 Å². The topological polar surface area (TPSA) is 87.5 Å². The average Bonchev–Trinajstić information content (AvgIpc) is 2.77. The molecule has 8 heteroatoms. The molecule has 1 atom stereocenters. The maximum Gasteiger partial charge on any atom is 0.279 e. The number of aliphatic hydroxyl groups excluding tert-OH is 1. The normalized spacial score (nSPS) is 14.0. The smallest absolute Gasteiger partial charge is 0.279 e. The standard InChI is InChI=1S/C10H20N4O3S/c1-10(9-14-7-3-5-11-14)12-18(16,17)13(2)6-4-8-15/h3,5,7,10,12,15H,4,6,8-9H2,1-2H3. The fourth-order valence-electron chi connectivity index (χ4n) is 1.48. The van der Waals surface area contributed by atoms with Crippen LogP contribution in [0.4, 0.5) is 0 Å². The quantitative estimate of drug-likeness (QED) is 0.665. The van der Waals surface area contributed by atoms with Crippen LogP contribution in [-0.2, 0) is 16.8 Å². The number of hydrogen-bond acceptors (Lipinski definition) is 4. The Morgan fingerprint density at radius 3 is 2.83 bits per heavy atom. The summed E-state index contributed by atoms with van der Waals surface area (Å²) in [6, 6.07) is 1.53. The predicted molar refractivity (Wildman–Crippen MR) is 68.1 cm³/mol. The van der Waals surface area contributed by atoms with Crippen molar-refractivity contribution in [2.45, 2.75) is 25.9 Å². The van der Waals surface area contributed by atoms with Gasteiger partial charge >= 0.3 is 0 Å². The molecule has 0 spiro atoms. The maximum atomic E-state index is 11.9. The average molecular weight is 276 g/mol. The second kappa shape index (κ2) is 6.83. The fourth-order valence-corrected chi connectivity index (χ4v) is 2.62. The maximum absolute atomic E-state index is 11.9. The molecule has 1 unspecified atom stereocenters. The van der Waals surface area contributed by atoms with Gasteiger partial charge in [-0.2, -0.15) is 22.5 Å². The van der Waals surface area contributed by atoms with E-state index in [-0.39, 0.29) is 12.6 Å². The Bertz CT molecular complexity index is 432. The molecule has 18 heavy (non-hydrogen) atoms. The van der Waals surface area contributed by atoms with Crippen LogP contribution in [0.5, 0.6) is 0 Å². The molecule has 7 nitrogen and oxygen atoms in total. The third-order valence-electron chi connectivity index (χ3n) is 2.41. The minimum Gasteiger partial charge on any atom is -0.396 e. The van der Waals surface area contributed by atoms with Crippen LogP contribution in [0.2, 0.25) is 0 Å². The van der Waals surface area contributed by atoms with E-state index in [2.05, 4.69) is 9.82 Å². The van der Waals surface area contributed by atoms with E-state index in [4.69, 9.17) is 5.11 Å². The van der Waals surface area contributed by atoms with Crippen molar-refractivity contribution >= 4 is 10.2 Å². The van der Waals surface area contributed by atoms with Gasteiger partial charge in [-0.15, -0.1) is 0 Å².